The Kier molecular flexibility index (Phi) is 7.76. The van der Waals surface area contributed by atoms with E-state index in [2.05, 4.69) is 69.1 Å². The van der Waals surface area contributed by atoms with Crippen LogP contribution in [-0.4, -0.2) is 36.7 Å². The lowest BCUT2D eigenvalue weighted by atomic mass is 10.1. The van der Waals surface area contributed by atoms with Crippen LogP contribution in [0.25, 0.3) is 0 Å². The second-order valence-corrected chi connectivity index (χ2v) is 6.53. The molecule has 21 heavy (non-hydrogen) atoms. The van der Waals surface area contributed by atoms with Gasteiger partial charge in [-0.1, -0.05) is 26.0 Å². The quantitative estimate of drug-likeness (QED) is 0.751. The minimum Gasteiger partial charge on any atom is -0.492 e. The number of likely N-dealkylation sites (N-methyl/N-ethyl adjacent to an activating group) is 1. The number of hydrogen-bond acceptors (Lipinski definition) is 3. The Bertz CT molecular complexity index is 381. The molecule has 1 aromatic rings. The highest BCUT2D eigenvalue weighted by Crippen LogP contribution is 2.13. The van der Waals surface area contributed by atoms with Gasteiger partial charge in [0.1, 0.15) is 12.4 Å². The van der Waals surface area contributed by atoms with Gasteiger partial charge in [0.2, 0.25) is 0 Å². The fourth-order valence-electron chi connectivity index (χ4n) is 2.11. The fraction of sp³-hybridized carbons (Fsp3) is 0.667. The second kappa shape index (κ2) is 9.06. The van der Waals surface area contributed by atoms with Crippen molar-refractivity contribution >= 4 is 0 Å². The summed E-state index contributed by atoms with van der Waals surface area (Å²) in [6.07, 6.45) is 1.20. The van der Waals surface area contributed by atoms with Crippen molar-refractivity contribution in [3.63, 3.8) is 0 Å². The summed E-state index contributed by atoms with van der Waals surface area (Å²) < 4.78 is 5.82. The molecule has 1 N–H and O–H groups in total. The van der Waals surface area contributed by atoms with Crippen molar-refractivity contribution in [2.24, 2.45) is 0 Å². The fourth-order valence-corrected chi connectivity index (χ4v) is 2.11. The van der Waals surface area contributed by atoms with Crippen LogP contribution in [0.4, 0.5) is 0 Å². The van der Waals surface area contributed by atoms with Crippen LogP contribution in [0.15, 0.2) is 24.3 Å². The summed E-state index contributed by atoms with van der Waals surface area (Å²) in [5.41, 5.74) is 1.44. The van der Waals surface area contributed by atoms with Gasteiger partial charge in [-0.15, -0.1) is 0 Å². The van der Waals surface area contributed by atoms with Gasteiger partial charge in [0.15, 0.2) is 0 Å². The van der Waals surface area contributed by atoms with Crippen molar-refractivity contribution in [1.29, 1.82) is 0 Å². The van der Waals surface area contributed by atoms with E-state index >= 15 is 0 Å². The topological polar surface area (TPSA) is 24.5 Å². The summed E-state index contributed by atoms with van der Waals surface area (Å²) in [6, 6.07) is 8.40. The van der Waals surface area contributed by atoms with E-state index in [1.54, 1.807) is 0 Å². The van der Waals surface area contributed by atoms with Gasteiger partial charge in [0.05, 0.1) is 0 Å². The summed E-state index contributed by atoms with van der Waals surface area (Å²) in [4.78, 5) is 2.42. The van der Waals surface area contributed by atoms with Gasteiger partial charge in [0, 0.05) is 18.6 Å². The third-order valence-corrected chi connectivity index (χ3v) is 3.41. The summed E-state index contributed by atoms with van der Waals surface area (Å²) in [5, 5.41) is 3.49. The molecule has 0 bridgehead atoms. The van der Waals surface area contributed by atoms with Crippen LogP contribution < -0.4 is 10.1 Å². The van der Waals surface area contributed by atoms with E-state index in [1.165, 1.54) is 12.0 Å². The molecule has 0 heterocycles. The Hall–Kier alpha value is -1.06. The average Bonchev–Trinajstić information content (AvgIpc) is 2.44. The van der Waals surface area contributed by atoms with Crippen LogP contribution in [0.2, 0.25) is 0 Å². The molecule has 0 amide bonds. The molecule has 0 radical (unpaired) electrons. The zero-order chi connectivity index (χ0) is 15.7. The minimum absolute atomic E-state index is 0.151. The largest absolute Gasteiger partial charge is 0.492 e. The van der Waals surface area contributed by atoms with Gasteiger partial charge < -0.3 is 15.0 Å². The van der Waals surface area contributed by atoms with Crippen molar-refractivity contribution in [3.05, 3.63) is 29.8 Å². The number of hydrogen-bond donors (Lipinski definition) is 1. The molecule has 0 saturated heterocycles. The van der Waals surface area contributed by atoms with Crippen LogP contribution in [0.1, 0.15) is 46.6 Å². The SMILES string of the molecule is CCCN(CC)CCOc1ccc(CNC(C)(C)C)cc1. The molecule has 1 aromatic carbocycles. The lowest BCUT2D eigenvalue weighted by molar-refractivity contribution is 0.216. The highest BCUT2D eigenvalue weighted by atomic mass is 16.5. The maximum Gasteiger partial charge on any atom is 0.119 e. The molecule has 0 spiro atoms. The molecule has 120 valence electrons. The Balaban J connectivity index is 2.34. The van der Waals surface area contributed by atoms with Gasteiger partial charge >= 0.3 is 0 Å². The Labute approximate surface area is 130 Å². The van der Waals surface area contributed by atoms with Crippen molar-refractivity contribution < 1.29 is 4.74 Å². The lowest BCUT2D eigenvalue weighted by Crippen LogP contribution is -2.35. The Morgan fingerprint density at radius 3 is 2.24 bits per heavy atom. The molecule has 1 rings (SSSR count). The van der Waals surface area contributed by atoms with E-state index in [0.717, 1.165) is 38.5 Å². The van der Waals surface area contributed by atoms with E-state index in [4.69, 9.17) is 4.74 Å². The third-order valence-electron chi connectivity index (χ3n) is 3.41. The number of ether oxygens (including phenoxy) is 1. The molecule has 0 aromatic heterocycles. The van der Waals surface area contributed by atoms with Crippen LogP contribution in [0.3, 0.4) is 0 Å². The van der Waals surface area contributed by atoms with Gasteiger partial charge in [-0.05, 0) is 58.0 Å². The van der Waals surface area contributed by atoms with Gasteiger partial charge in [-0.25, -0.2) is 0 Å². The predicted octanol–water partition coefficient (Wildman–Crippen LogP) is 3.69. The Morgan fingerprint density at radius 1 is 1.05 bits per heavy atom. The summed E-state index contributed by atoms with van der Waals surface area (Å²) in [5.74, 6) is 0.960. The van der Waals surface area contributed by atoms with Crippen molar-refractivity contribution in [2.75, 3.05) is 26.2 Å². The second-order valence-electron chi connectivity index (χ2n) is 6.53. The van der Waals surface area contributed by atoms with Crippen LogP contribution in [-0.2, 0) is 6.54 Å². The van der Waals surface area contributed by atoms with Gasteiger partial charge in [-0.3, -0.25) is 0 Å². The molecular formula is C18H32N2O. The van der Waals surface area contributed by atoms with Crippen LogP contribution in [0, 0.1) is 0 Å². The number of nitrogens with zero attached hydrogens (tertiary/aromatic N) is 1. The van der Waals surface area contributed by atoms with Crippen LogP contribution >= 0.6 is 0 Å². The normalized spacial score (nSPS) is 11.9. The first-order valence-corrected chi connectivity index (χ1v) is 8.13. The van der Waals surface area contributed by atoms with Crippen molar-refractivity contribution in [3.8, 4) is 5.75 Å². The highest BCUT2D eigenvalue weighted by molar-refractivity contribution is 5.27. The van der Waals surface area contributed by atoms with E-state index in [9.17, 15) is 0 Å². The predicted molar refractivity (Wildman–Crippen MR) is 90.9 cm³/mol. The molecular weight excluding hydrogens is 260 g/mol. The third kappa shape index (κ3) is 8.08. The van der Waals surface area contributed by atoms with E-state index in [1.807, 2.05) is 0 Å². The summed E-state index contributed by atoms with van der Waals surface area (Å²) in [7, 11) is 0. The molecule has 3 heteroatoms. The molecule has 0 aliphatic carbocycles. The van der Waals surface area contributed by atoms with Gasteiger partial charge in [0.25, 0.3) is 0 Å². The zero-order valence-corrected chi connectivity index (χ0v) is 14.4. The van der Waals surface area contributed by atoms with E-state index in [0.29, 0.717) is 0 Å². The van der Waals surface area contributed by atoms with Crippen LogP contribution in [0.5, 0.6) is 5.75 Å². The lowest BCUT2D eigenvalue weighted by Gasteiger charge is -2.21. The number of rotatable bonds is 9. The molecule has 0 atom stereocenters. The highest BCUT2D eigenvalue weighted by Gasteiger charge is 2.08. The molecule has 0 aliphatic rings. The maximum absolute atomic E-state index is 5.82. The first-order valence-electron chi connectivity index (χ1n) is 8.13. The van der Waals surface area contributed by atoms with E-state index < -0.39 is 0 Å². The van der Waals surface area contributed by atoms with Gasteiger partial charge in [-0.2, -0.15) is 0 Å². The van der Waals surface area contributed by atoms with E-state index in [-0.39, 0.29) is 5.54 Å². The monoisotopic (exact) mass is 292 g/mol. The molecule has 0 unspecified atom stereocenters. The smallest absolute Gasteiger partial charge is 0.119 e. The minimum atomic E-state index is 0.151. The standard InChI is InChI=1S/C18H32N2O/c1-6-12-20(7-2)13-14-21-17-10-8-16(9-11-17)15-19-18(3,4)5/h8-11,19H,6-7,12-15H2,1-5H3. The first-order chi connectivity index (χ1) is 9.94. The molecule has 0 aliphatic heterocycles. The van der Waals surface area contributed by atoms with Crippen molar-refractivity contribution in [1.82, 2.24) is 10.2 Å². The zero-order valence-electron chi connectivity index (χ0n) is 14.4. The number of nitrogens with one attached hydrogen (secondary N) is 1. The number of benzene rings is 1. The Morgan fingerprint density at radius 2 is 1.71 bits per heavy atom. The summed E-state index contributed by atoms with van der Waals surface area (Å²) >= 11 is 0. The first kappa shape index (κ1) is 18.0. The molecule has 3 nitrogen and oxygen atoms in total. The molecule has 0 saturated carbocycles. The van der Waals surface area contributed by atoms with Crippen molar-refractivity contribution in [2.45, 2.75) is 53.1 Å². The maximum atomic E-state index is 5.82. The summed E-state index contributed by atoms with van der Waals surface area (Å²) in [6.45, 7) is 15.8. The average molecular weight is 292 g/mol. The molecule has 0 fully saturated rings.